The lowest BCUT2D eigenvalue weighted by Crippen LogP contribution is -2.45. The van der Waals surface area contributed by atoms with Gasteiger partial charge in [0.25, 0.3) is 5.91 Å². The van der Waals surface area contributed by atoms with Crippen LogP contribution in [-0.4, -0.2) is 56.6 Å². The maximum atomic E-state index is 13.7. The number of ether oxygens (including phenoxy) is 2. The van der Waals surface area contributed by atoms with E-state index >= 15 is 0 Å². The minimum Gasteiger partial charge on any atom is -0.487 e. The van der Waals surface area contributed by atoms with Gasteiger partial charge in [0.1, 0.15) is 12.4 Å². The van der Waals surface area contributed by atoms with E-state index in [1.807, 2.05) is 37.3 Å². The number of fused-ring (bicyclic) bond motifs is 3. The Bertz CT molecular complexity index is 1490. The molecule has 1 saturated heterocycles. The van der Waals surface area contributed by atoms with Crippen molar-refractivity contribution in [1.29, 1.82) is 0 Å². The molecule has 44 heavy (non-hydrogen) atoms. The molecule has 0 aromatic heterocycles. The first-order valence-electron chi connectivity index (χ1n) is 16.0. The van der Waals surface area contributed by atoms with Crippen molar-refractivity contribution in [3.63, 3.8) is 0 Å². The van der Waals surface area contributed by atoms with E-state index in [2.05, 4.69) is 9.62 Å². The van der Waals surface area contributed by atoms with Crippen molar-refractivity contribution in [2.45, 2.75) is 82.4 Å². The minimum absolute atomic E-state index is 0.123. The molecule has 1 aliphatic carbocycles. The molecule has 6 atom stereocenters. The van der Waals surface area contributed by atoms with Gasteiger partial charge in [0.05, 0.1) is 23.1 Å². The van der Waals surface area contributed by atoms with Crippen LogP contribution in [0.5, 0.6) is 5.75 Å². The molecule has 10 heteroatoms. The number of nitrogens with one attached hydrogen (secondary N) is 1. The first-order chi connectivity index (χ1) is 21.2. The summed E-state index contributed by atoms with van der Waals surface area (Å²) < 4.78 is 41.8. The van der Waals surface area contributed by atoms with Gasteiger partial charge >= 0.3 is 0 Å². The number of aliphatic hydroxyl groups excluding tert-OH is 1. The number of aliphatic hydroxyl groups is 1. The molecule has 6 rings (SSSR count). The Balaban J connectivity index is 1.37. The second-order valence-corrected chi connectivity index (χ2v) is 15.3. The van der Waals surface area contributed by atoms with Crippen LogP contribution in [0.15, 0.2) is 48.6 Å². The zero-order chi connectivity index (χ0) is 30.8. The lowest BCUT2D eigenvalue weighted by atomic mass is 9.70. The Morgan fingerprint density at radius 3 is 2.68 bits per heavy atom. The molecule has 2 aromatic carbocycles. The number of benzene rings is 2. The van der Waals surface area contributed by atoms with Crippen LogP contribution < -0.4 is 14.4 Å². The van der Waals surface area contributed by atoms with Gasteiger partial charge in [0.15, 0.2) is 0 Å². The monoisotopic (exact) mass is 642 g/mol. The third-order valence-electron chi connectivity index (χ3n) is 10.0. The van der Waals surface area contributed by atoms with Crippen molar-refractivity contribution in [3.8, 4) is 5.75 Å². The Morgan fingerprint density at radius 1 is 1.09 bits per heavy atom. The lowest BCUT2D eigenvalue weighted by Gasteiger charge is -2.42. The van der Waals surface area contributed by atoms with Crippen molar-refractivity contribution >= 4 is 33.2 Å². The van der Waals surface area contributed by atoms with E-state index in [4.69, 9.17) is 21.1 Å². The fourth-order valence-corrected chi connectivity index (χ4v) is 8.93. The van der Waals surface area contributed by atoms with Crippen molar-refractivity contribution < 1.29 is 27.8 Å². The van der Waals surface area contributed by atoms with E-state index in [0.717, 1.165) is 56.3 Å². The molecule has 3 aliphatic heterocycles. The van der Waals surface area contributed by atoms with Crippen LogP contribution in [0.3, 0.4) is 0 Å². The number of carbonyl (C=O) groups excluding carboxylic acids is 1. The molecule has 238 valence electrons. The Hall–Kier alpha value is -2.59. The van der Waals surface area contributed by atoms with Gasteiger partial charge in [-0.2, -0.15) is 0 Å². The molecule has 0 unspecified atom stereocenters. The topological polar surface area (TPSA) is 105 Å². The van der Waals surface area contributed by atoms with Gasteiger partial charge in [-0.25, -0.2) is 13.1 Å². The lowest BCUT2D eigenvalue weighted by molar-refractivity contribution is -0.0564. The molecule has 3 heterocycles. The number of hydrogen-bond donors (Lipinski definition) is 2. The van der Waals surface area contributed by atoms with Gasteiger partial charge in [-0.3, -0.25) is 4.79 Å². The van der Waals surface area contributed by atoms with E-state index in [-0.39, 0.29) is 29.4 Å². The van der Waals surface area contributed by atoms with Crippen LogP contribution in [0.4, 0.5) is 5.69 Å². The molecule has 4 aliphatic rings. The summed E-state index contributed by atoms with van der Waals surface area (Å²) in [4.78, 5) is 15.9. The number of sulfonamides is 1. The zero-order valence-electron chi connectivity index (χ0n) is 25.3. The average Bonchev–Trinajstić information content (AvgIpc) is 2.96. The number of allylic oxidation sites excluding steroid dienone is 1. The smallest absolute Gasteiger partial charge is 0.264 e. The predicted octanol–water partition coefficient (Wildman–Crippen LogP) is 5.65. The normalized spacial score (nSPS) is 31.4. The second kappa shape index (κ2) is 13.4. The Kier molecular flexibility index (Phi) is 9.57. The molecule has 8 nitrogen and oxygen atoms in total. The highest BCUT2D eigenvalue weighted by molar-refractivity contribution is 7.90. The van der Waals surface area contributed by atoms with Gasteiger partial charge in [0.2, 0.25) is 10.0 Å². The van der Waals surface area contributed by atoms with Crippen LogP contribution in [0.1, 0.15) is 73.4 Å². The van der Waals surface area contributed by atoms with E-state index in [1.54, 1.807) is 18.2 Å². The predicted molar refractivity (Wildman–Crippen MR) is 172 cm³/mol. The summed E-state index contributed by atoms with van der Waals surface area (Å²) >= 11 is 6.32. The first-order valence-corrected chi connectivity index (χ1v) is 17.9. The molecule has 0 spiro atoms. The van der Waals surface area contributed by atoms with Gasteiger partial charge in [0, 0.05) is 30.3 Å². The van der Waals surface area contributed by atoms with Crippen molar-refractivity contribution in [1.82, 2.24) is 4.72 Å². The fourth-order valence-electron chi connectivity index (χ4n) is 7.02. The SMILES string of the molecule is C[C@@H]1C/C=C\[C@H](O)[C@@H]2CC[C@H]2CN2CCCCc3cc(Cl)ccc3COc3ccc(cc32)C(=O)NS(=O)(=O)[C@H]1C[C@H]1CCO1. The van der Waals surface area contributed by atoms with Crippen molar-refractivity contribution in [2.75, 3.05) is 24.6 Å². The Labute approximate surface area is 265 Å². The number of hydrogen-bond acceptors (Lipinski definition) is 7. The van der Waals surface area contributed by atoms with E-state index < -0.39 is 27.3 Å². The molecule has 2 N–H and O–H groups in total. The summed E-state index contributed by atoms with van der Waals surface area (Å²) in [6.07, 6.45) is 9.36. The summed E-state index contributed by atoms with van der Waals surface area (Å²) in [6, 6.07) is 11.1. The second-order valence-electron chi connectivity index (χ2n) is 13.0. The van der Waals surface area contributed by atoms with Crippen LogP contribution >= 0.6 is 11.6 Å². The average molecular weight is 643 g/mol. The van der Waals surface area contributed by atoms with Gasteiger partial charge < -0.3 is 19.5 Å². The number of nitrogens with zero attached hydrogens (tertiary/aromatic N) is 1. The van der Waals surface area contributed by atoms with Gasteiger partial charge in [-0.1, -0.05) is 36.7 Å². The summed E-state index contributed by atoms with van der Waals surface area (Å²) in [7, 11) is -4.02. The minimum atomic E-state index is -4.02. The molecule has 1 amide bonds. The maximum absolute atomic E-state index is 13.7. The highest BCUT2D eigenvalue weighted by atomic mass is 35.5. The number of halogens is 1. The Morgan fingerprint density at radius 2 is 1.93 bits per heavy atom. The molecule has 2 fully saturated rings. The van der Waals surface area contributed by atoms with Gasteiger partial charge in [-0.15, -0.1) is 0 Å². The van der Waals surface area contributed by atoms with Crippen LogP contribution in [0.25, 0.3) is 0 Å². The number of aryl methyl sites for hydroxylation is 1. The van der Waals surface area contributed by atoms with Crippen molar-refractivity contribution in [2.24, 2.45) is 17.8 Å². The highest BCUT2D eigenvalue weighted by Gasteiger charge is 2.39. The fraction of sp³-hybridized carbons (Fsp3) is 0.559. The third kappa shape index (κ3) is 6.96. The number of rotatable bonds is 2. The molecular formula is C34H43ClN2O6S. The number of carbonyl (C=O) groups is 1. The quantitative estimate of drug-likeness (QED) is 0.408. The van der Waals surface area contributed by atoms with E-state index in [1.165, 1.54) is 5.56 Å². The molecule has 1 saturated carbocycles. The molecular weight excluding hydrogens is 600 g/mol. The third-order valence-corrected chi connectivity index (χ3v) is 12.2. The summed E-state index contributed by atoms with van der Waals surface area (Å²) in [5.74, 6) is 0.131. The van der Waals surface area contributed by atoms with Crippen LogP contribution in [0.2, 0.25) is 5.02 Å². The van der Waals surface area contributed by atoms with Crippen LogP contribution in [0, 0.1) is 17.8 Å². The largest absolute Gasteiger partial charge is 0.487 e. The van der Waals surface area contributed by atoms with E-state index in [9.17, 15) is 18.3 Å². The summed E-state index contributed by atoms with van der Waals surface area (Å²) in [5, 5.41) is 11.1. The standard InChI is InChI=1S/C34H43ClN2O6S/c1-22-5-4-7-31(38)29-12-9-25(29)20-37-15-3-2-6-23-17-27(35)11-8-26(23)21-43-32-13-10-24(18-30(32)37)34(39)36-44(40,41)33(22)19-28-14-16-42-28/h4,7-8,10-11,13,17-18,22,25,28-29,31,33,38H,2-3,5-6,9,12,14-16,19-21H2,1H3,(H,36,39)/b7-4-/t22-,25+,28-,29-,31+,33+/m1/s1. The highest BCUT2D eigenvalue weighted by Crippen LogP contribution is 2.41. The van der Waals surface area contributed by atoms with E-state index in [0.29, 0.717) is 43.4 Å². The number of amides is 1. The zero-order valence-corrected chi connectivity index (χ0v) is 26.9. The molecule has 2 aromatic rings. The number of anilines is 1. The molecule has 0 radical (unpaired) electrons. The summed E-state index contributed by atoms with van der Waals surface area (Å²) in [5.41, 5.74) is 3.28. The van der Waals surface area contributed by atoms with Crippen molar-refractivity contribution in [3.05, 3.63) is 70.3 Å². The van der Waals surface area contributed by atoms with Crippen LogP contribution in [-0.2, 0) is 27.8 Å². The maximum Gasteiger partial charge on any atom is 0.264 e. The van der Waals surface area contributed by atoms with Gasteiger partial charge in [-0.05, 0) is 111 Å². The molecule has 2 bridgehead atoms. The summed E-state index contributed by atoms with van der Waals surface area (Å²) in [6.45, 7) is 4.32. The first kappa shape index (κ1) is 31.4.